The molecule has 0 amide bonds. The summed E-state index contributed by atoms with van der Waals surface area (Å²) in [5.41, 5.74) is 6.31. The van der Waals surface area contributed by atoms with Gasteiger partial charge < -0.3 is 10.5 Å². The monoisotopic (exact) mass is 329 g/mol. The third-order valence-corrected chi connectivity index (χ3v) is 3.40. The molecular formula is C13H10BrClFNO. The van der Waals surface area contributed by atoms with Crippen LogP contribution in [-0.2, 0) is 6.54 Å². The van der Waals surface area contributed by atoms with E-state index in [0.717, 1.165) is 0 Å². The Labute approximate surface area is 118 Å². The average molecular weight is 331 g/mol. The van der Waals surface area contributed by atoms with Crippen LogP contribution in [0.4, 0.5) is 4.39 Å². The minimum atomic E-state index is -0.385. The average Bonchev–Trinajstić information content (AvgIpc) is 2.34. The lowest BCUT2D eigenvalue weighted by Gasteiger charge is -2.11. The van der Waals surface area contributed by atoms with Gasteiger partial charge in [-0.15, -0.1) is 0 Å². The van der Waals surface area contributed by atoms with E-state index in [9.17, 15) is 4.39 Å². The van der Waals surface area contributed by atoms with Crippen molar-refractivity contribution in [3.63, 3.8) is 0 Å². The molecule has 0 spiro atoms. The lowest BCUT2D eigenvalue weighted by molar-refractivity contribution is 0.470. The third-order valence-electron chi connectivity index (χ3n) is 2.40. The molecule has 5 heteroatoms. The molecule has 0 radical (unpaired) electrons. The van der Waals surface area contributed by atoms with Crippen molar-refractivity contribution in [3.8, 4) is 11.5 Å². The summed E-state index contributed by atoms with van der Waals surface area (Å²) >= 11 is 9.09. The fourth-order valence-electron chi connectivity index (χ4n) is 1.50. The van der Waals surface area contributed by atoms with Crippen LogP contribution in [0.1, 0.15) is 5.56 Å². The Bertz CT molecular complexity index is 577. The van der Waals surface area contributed by atoms with Crippen molar-refractivity contribution < 1.29 is 9.13 Å². The lowest BCUT2D eigenvalue weighted by atomic mass is 10.2. The molecule has 2 aromatic rings. The van der Waals surface area contributed by atoms with Crippen LogP contribution in [0.2, 0.25) is 5.02 Å². The van der Waals surface area contributed by atoms with Gasteiger partial charge in [-0.25, -0.2) is 4.39 Å². The molecule has 0 fully saturated rings. The summed E-state index contributed by atoms with van der Waals surface area (Å²) < 4.78 is 19.3. The van der Waals surface area contributed by atoms with E-state index in [1.54, 1.807) is 30.3 Å². The van der Waals surface area contributed by atoms with Gasteiger partial charge in [-0.3, -0.25) is 0 Å². The van der Waals surface area contributed by atoms with Crippen LogP contribution in [0.25, 0.3) is 0 Å². The maximum Gasteiger partial charge on any atom is 0.141 e. The molecule has 0 aliphatic rings. The highest BCUT2D eigenvalue weighted by Gasteiger charge is 2.08. The molecule has 0 saturated heterocycles. The Kier molecular flexibility index (Phi) is 4.22. The molecule has 0 aromatic heterocycles. The van der Waals surface area contributed by atoms with Crippen molar-refractivity contribution in [3.05, 3.63) is 57.3 Å². The van der Waals surface area contributed by atoms with Crippen LogP contribution in [0, 0.1) is 5.82 Å². The maximum atomic E-state index is 13.4. The van der Waals surface area contributed by atoms with E-state index >= 15 is 0 Å². The molecule has 2 nitrogen and oxygen atoms in total. The molecule has 0 unspecified atom stereocenters. The Hall–Kier alpha value is -1.10. The highest BCUT2D eigenvalue weighted by Crippen LogP contribution is 2.31. The number of hydrogen-bond donors (Lipinski definition) is 1. The van der Waals surface area contributed by atoms with E-state index in [0.29, 0.717) is 26.6 Å². The van der Waals surface area contributed by atoms with E-state index in [1.807, 2.05) is 0 Å². The van der Waals surface area contributed by atoms with Crippen LogP contribution in [0.3, 0.4) is 0 Å². The maximum absolute atomic E-state index is 13.4. The second-order valence-electron chi connectivity index (χ2n) is 3.60. The van der Waals surface area contributed by atoms with Crippen molar-refractivity contribution in [1.82, 2.24) is 0 Å². The summed E-state index contributed by atoms with van der Waals surface area (Å²) in [5, 5.41) is 0.535. The Morgan fingerprint density at radius 2 is 2.06 bits per heavy atom. The molecule has 0 aliphatic heterocycles. The summed E-state index contributed by atoms with van der Waals surface area (Å²) in [7, 11) is 0. The molecular weight excluding hydrogens is 321 g/mol. The van der Waals surface area contributed by atoms with Gasteiger partial charge in [-0.1, -0.05) is 17.7 Å². The number of benzene rings is 2. The third kappa shape index (κ3) is 2.83. The summed E-state index contributed by atoms with van der Waals surface area (Å²) in [6.45, 7) is 0.258. The zero-order valence-corrected chi connectivity index (χ0v) is 11.6. The van der Waals surface area contributed by atoms with Gasteiger partial charge in [0.05, 0.1) is 4.47 Å². The van der Waals surface area contributed by atoms with Crippen LogP contribution in [-0.4, -0.2) is 0 Å². The molecule has 2 N–H and O–H groups in total. The largest absolute Gasteiger partial charge is 0.457 e. The molecule has 0 aliphatic carbocycles. The van der Waals surface area contributed by atoms with Gasteiger partial charge in [0, 0.05) is 23.2 Å². The minimum Gasteiger partial charge on any atom is -0.457 e. The van der Waals surface area contributed by atoms with Crippen LogP contribution >= 0.6 is 27.5 Å². The Balaban J connectivity index is 2.34. The van der Waals surface area contributed by atoms with Crippen LogP contribution in [0.5, 0.6) is 11.5 Å². The first-order valence-corrected chi connectivity index (χ1v) is 6.39. The quantitative estimate of drug-likeness (QED) is 0.899. The minimum absolute atomic E-state index is 0.258. The summed E-state index contributed by atoms with van der Waals surface area (Å²) in [5.74, 6) is 0.545. The number of ether oxygens (including phenoxy) is 1. The van der Waals surface area contributed by atoms with Crippen LogP contribution < -0.4 is 10.5 Å². The van der Waals surface area contributed by atoms with Gasteiger partial charge >= 0.3 is 0 Å². The van der Waals surface area contributed by atoms with Gasteiger partial charge in [0.15, 0.2) is 0 Å². The highest BCUT2D eigenvalue weighted by atomic mass is 79.9. The SMILES string of the molecule is NCc1c(Cl)cccc1Oc1ccc(Br)c(F)c1. The Morgan fingerprint density at radius 3 is 2.72 bits per heavy atom. The van der Waals surface area contributed by atoms with E-state index in [1.165, 1.54) is 6.07 Å². The molecule has 0 atom stereocenters. The summed E-state index contributed by atoms with van der Waals surface area (Å²) in [4.78, 5) is 0. The topological polar surface area (TPSA) is 35.2 Å². The van der Waals surface area contributed by atoms with Crippen molar-refractivity contribution in [2.75, 3.05) is 0 Å². The highest BCUT2D eigenvalue weighted by molar-refractivity contribution is 9.10. The second kappa shape index (κ2) is 5.69. The molecule has 94 valence electrons. The summed E-state index contributed by atoms with van der Waals surface area (Å²) in [6.07, 6.45) is 0. The molecule has 0 heterocycles. The van der Waals surface area contributed by atoms with Gasteiger partial charge in [-0.2, -0.15) is 0 Å². The van der Waals surface area contributed by atoms with Gasteiger partial charge in [0.2, 0.25) is 0 Å². The Morgan fingerprint density at radius 1 is 1.28 bits per heavy atom. The van der Waals surface area contributed by atoms with Crippen molar-refractivity contribution in [2.45, 2.75) is 6.54 Å². The molecule has 0 bridgehead atoms. The van der Waals surface area contributed by atoms with E-state index in [4.69, 9.17) is 22.1 Å². The van der Waals surface area contributed by atoms with Crippen LogP contribution in [0.15, 0.2) is 40.9 Å². The molecule has 18 heavy (non-hydrogen) atoms. The fourth-order valence-corrected chi connectivity index (χ4v) is 1.99. The molecule has 2 aromatic carbocycles. The number of rotatable bonds is 3. The molecule has 2 rings (SSSR count). The number of halogens is 3. The predicted molar refractivity (Wildman–Crippen MR) is 73.5 cm³/mol. The van der Waals surface area contributed by atoms with Crippen molar-refractivity contribution in [2.24, 2.45) is 5.73 Å². The van der Waals surface area contributed by atoms with E-state index < -0.39 is 0 Å². The fraction of sp³-hybridized carbons (Fsp3) is 0.0769. The second-order valence-corrected chi connectivity index (χ2v) is 4.86. The first-order valence-electron chi connectivity index (χ1n) is 5.22. The zero-order valence-electron chi connectivity index (χ0n) is 9.29. The summed E-state index contributed by atoms with van der Waals surface area (Å²) in [6, 6.07) is 9.77. The number of nitrogens with two attached hydrogens (primary N) is 1. The van der Waals surface area contributed by atoms with E-state index in [2.05, 4.69) is 15.9 Å². The van der Waals surface area contributed by atoms with Gasteiger partial charge in [0.25, 0.3) is 0 Å². The van der Waals surface area contributed by atoms with E-state index in [-0.39, 0.29) is 12.4 Å². The van der Waals surface area contributed by atoms with Crippen molar-refractivity contribution >= 4 is 27.5 Å². The van der Waals surface area contributed by atoms with Gasteiger partial charge in [-0.05, 0) is 40.2 Å². The standard InChI is InChI=1S/C13H10BrClFNO/c14-10-5-4-8(6-12(10)16)18-13-3-1-2-11(15)9(13)7-17/h1-6H,7,17H2. The first kappa shape index (κ1) is 13.3. The predicted octanol–water partition coefficient (Wildman–Crippen LogP) is 4.49. The zero-order chi connectivity index (χ0) is 13.1. The smallest absolute Gasteiger partial charge is 0.141 e. The van der Waals surface area contributed by atoms with Crippen molar-refractivity contribution in [1.29, 1.82) is 0 Å². The normalized spacial score (nSPS) is 10.4. The molecule has 0 saturated carbocycles. The lowest BCUT2D eigenvalue weighted by Crippen LogP contribution is -2.00. The van der Waals surface area contributed by atoms with Gasteiger partial charge in [0.1, 0.15) is 17.3 Å². The number of hydrogen-bond acceptors (Lipinski definition) is 2. The first-order chi connectivity index (χ1) is 8.61.